The number of pyridine rings is 1. The summed E-state index contributed by atoms with van der Waals surface area (Å²) in [6.07, 6.45) is 1.54. The van der Waals surface area contributed by atoms with E-state index in [2.05, 4.69) is 10.3 Å². The maximum absolute atomic E-state index is 11.0. The van der Waals surface area contributed by atoms with Crippen LogP contribution in [0.3, 0.4) is 0 Å². The molecule has 0 unspecified atom stereocenters. The van der Waals surface area contributed by atoms with Crippen molar-refractivity contribution in [2.45, 2.75) is 0 Å². The van der Waals surface area contributed by atoms with Crippen molar-refractivity contribution < 1.29 is 9.90 Å². The third kappa shape index (κ3) is 2.73. The highest BCUT2D eigenvalue weighted by atomic mass is 35.5. The molecule has 0 atom stereocenters. The molecule has 0 radical (unpaired) electrons. The minimum Gasteiger partial charge on any atom is -0.478 e. The van der Waals surface area contributed by atoms with Crippen molar-refractivity contribution in [3.63, 3.8) is 0 Å². The molecule has 4 nitrogen and oxygen atoms in total. The van der Waals surface area contributed by atoms with Gasteiger partial charge in [-0.05, 0) is 24.3 Å². The molecule has 0 aliphatic rings. The molecule has 2 aromatic rings. The molecule has 86 valence electrons. The van der Waals surface area contributed by atoms with E-state index in [0.717, 1.165) is 0 Å². The van der Waals surface area contributed by atoms with Gasteiger partial charge in [0, 0.05) is 0 Å². The summed E-state index contributed by atoms with van der Waals surface area (Å²) in [4.78, 5) is 14.9. The first-order valence-electron chi connectivity index (χ1n) is 4.88. The number of para-hydroxylation sites is 1. The molecular formula is C12H9ClN2O2. The third-order valence-electron chi connectivity index (χ3n) is 2.16. The summed E-state index contributed by atoms with van der Waals surface area (Å²) in [7, 11) is 0. The van der Waals surface area contributed by atoms with Gasteiger partial charge in [0.05, 0.1) is 23.1 Å². The fraction of sp³-hybridized carbons (Fsp3) is 0. The minimum absolute atomic E-state index is 0.211. The van der Waals surface area contributed by atoms with Gasteiger partial charge in [0.1, 0.15) is 5.15 Å². The Balaban J connectivity index is 2.30. The maximum atomic E-state index is 11.0. The quantitative estimate of drug-likeness (QED) is 0.819. The molecule has 0 saturated carbocycles. The lowest BCUT2D eigenvalue weighted by atomic mass is 10.2. The number of hydrogen-bond acceptors (Lipinski definition) is 3. The van der Waals surface area contributed by atoms with E-state index in [0.29, 0.717) is 16.5 Å². The highest BCUT2D eigenvalue weighted by Gasteiger charge is 2.08. The van der Waals surface area contributed by atoms with E-state index in [9.17, 15) is 4.79 Å². The van der Waals surface area contributed by atoms with Crippen molar-refractivity contribution in [3.8, 4) is 0 Å². The molecule has 0 bridgehead atoms. The smallest absolute Gasteiger partial charge is 0.337 e. The Hall–Kier alpha value is -2.07. The number of rotatable bonds is 3. The normalized spacial score (nSPS) is 9.94. The van der Waals surface area contributed by atoms with Gasteiger partial charge >= 0.3 is 5.97 Å². The van der Waals surface area contributed by atoms with Gasteiger partial charge in [0.2, 0.25) is 0 Å². The second kappa shape index (κ2) is 4.84. The molecule has 0 amide bonds. The molecule has 2 rings (SSSR count). The average molecular weight is 249 g/mol. The Morgan fingerprint density at radius 1 is 1.24 bits per heavy atom. The maximum Gasteiger partial charge on any atom is 0.337 e. The highest BCUT2D eigenvalue weighted by molar-refractivity contribution is 6.29. The zero-order valence-electron chi connectivity index (χ0n) is 8.72. The van der Waals surface area contributed by atoms with Crippen LogP contribution >= 0.6 is 11.6 Å². The van der Waals surface area contributed by atoms with E-state index in [4.69, 9.17) is 16.7 Å². The van der Waals surface area contributed by atoms with E-state index in [1.54, 1.807) is 36.5 Å². The lowest BCUT2D eigenvalue weighted by molar-refractivity contribution is 0.0698. The van der Waals surface area contributed by atoms with E-state index in [1.807, 2.05) is 0 Å². The summed E-state index contributed by atoms with van der Waals surface area (Å²) in [6.45, 7) is 0. The van der Waals surface area contributed by atoms with Crippen LogP contribution in [0.15, 0.2) is 42.6 Å². The lowest BCUT2D eigenvalue weighted by Gasteiger charge is -2.08. The van der Waals surface area contributed by atoms with Gasteiger partial charge in [-0.3, -0.25) is 0 Å². The standard InChI is InChI=1S/C12H9ClN2O2/c13-11-6-5-8(7-14-11)15-10-4-2-1-3-9(10)12(16)17/h1-7,15H,(H,16,17). The van der Waals surface area contributed by atoms with Gasteiger partial charge in [-0.15, -0.1) is 0 Å². The molecule has 1 aromatic heterocycles. The number of aromatic carboxylic acids is 1. The molecular weight excluding hydrogens is 240 g/mol. The number of nitrogens with one attached hydrogen (secondary N) is 1. The number of carboxylic acids is 1. The molecule has 2 N–H and O–H groups in total. The van der Waals surface area contributed by atoms with E-state index >= 15 is 0 Å². The Morgan fingerprint density at radius 3 is 2.65 bits per heavy atom. The second-order valence-electron chi connectivity index (χ2n) is 3.35. The monoisotopic (exact) mass is 248 g/mol. The van der Waals surface area contributed by atoms with E-state index < -0.39 is 5.97 Å². The number of nitrogens with zero attached hydrogens (tertiary/aromatic N) is 1. The fourth-order valence-corrected chi connectivity index (χ4v) is 1.50. The van der Waals surface area contributed by atoms with Gasteiger partial charge < -0.3 is 10.4 Å². The molecule has 5 heteroatoms. The number of hydrogen-bond donors (Lipinski definition) is 2. The highest BCUT2D eigenvalue weighted by Crippen LogP contribution is 2.20. The Bertz CT molecular complexity index is 540. The van der Waals surface area contributed by atoms with Crippen LogP contribution in [0.2, 0.25) is 5.15 Å². The predicted octanol–water partition coefficient (Wildman–Crippen LogP) is 3.18. The average Bonchev–Trinajstić information content (AvgIpc) is 2.32. The molecule has 0 aliphatic carbocycles. The fourth-order valence-electron chi connectivity index (χ4n) is 1.38. The van der Waals surface area contributed by atoms with Crippen LogP contribution in [0.25, 0.3) is 0 Å². The first-order chi connectivity index (χ1) is 8.16. The molecule has 0 saturated heterocycles. The summed E-state index contributed by atoms with van der Waals surface area (Å²) in [6, 6.07) is 10.0. The molecule has 0 fully saturated rings. The van der Waals surface area contributed by atoms with Gasteiger partial charge in [0.15, 0.2) is 0 Å². The molecule has 0 aliphatic heterocycles. The van der Waals surface area contributed by atoms with Crippen LogP contribution in [-0.4, -0.2) is 16.1 Å². The Kier molecular flexibility index (Phi) is 3.25. The first kappa shape index (κ1) is 11.4. The molecule has 1 heterocycles. The number of benzene rings is 1. The molecule has 17 heavy (non-hydrogen) atoms. The lowest BCUT2D eigenvalue weighted by Crippen LogP contribution is -2.02. The number of aromatic nitrogens is 1. The van der Waals surface area contributed by atoms with Crippen LogP contribution in [-0.2, 0) is 0 Å². The van der Waals surface area contributed by atoms with E-state index in [-0.39, 0.29) is 5.56 Å². The van der Waals surface area contributed by atoms with Crippen molar-refractivity contribution in [3.05, 3.63) is 53.3 Å². The van der Waals surface area contributed by atoms with Crippen molar-refractivity contribution >= 4 is 28.9 Å². The number of halogens is 1. The second-order valence-corrected chi connectivity index (χ2v) is 3.73. The van der Waals surface area contributed by atoms with Gasteiger partial charge in [-0.25, -0.2) is 9.78 Å². The Labute approximate surface area is 103 Å². The van der Waals surface area contributed by atoms with Crippen molar-refractivity contribution in [1.82, 2.24) is 4.98 Å². The van der Waals surface area contributed by atoms with Crippen LogP contribution in [0.4, 0.5) is 11.4 Å². The van der Waals surface area contributed by atoms with Gasteiger partial charge in [-0.2, -0.15) is 0 Å². The van der Waals surface area contributed by atoms with Gasteiger partial charge in [-0.1, -0.05) is 23.7 Å². The van der Waals surface area contributed by atoms with Crippen LogP contribution in [0, 0.1) is 0 Å². The number of anilines is 2. The van der Waals surface area contributed by atoms with Crippen LogP contribution in [0.1, 0.15) is 10.4 Å². The molecule has 0 spiro atoms. The van der Waals surface area contributed by atoms with Crippen molar-refractivity contribution in [2.24, 2.45) is 0 Å². The van der Waals surface area contributed by atoms with E-state index in [1.165, 1.54) is 6.07 Å². The minimum atomic E-state index is -0.977. The first-order valence-corrected chi connectivity index (χ1v) is 5.25. The van der Waals surface area contributed by atoms with Crippen molar-refractivity contribution in [2.75, 3.05) is 5.32 Å². The predicted molar refractivity (Wildman–Crippen MR) is 65.9 cm³/mol. The Morgan fingerprint density at radius 2 is 2.00 bits per heavy atom. The topological polar surface area (TPSA) is 62.2 Å². The SMILES string of the molecule is O=C(O)c1ccccc1Nc1ccc(Cl)nc1. The summed E-state index contributed by atoms with van der Waals surface area (Å²) in [5, 5.41) is 12.4. The zero-order valence-corrected chi connectivity index (χ0v) is 9.48. The zero-order chi connectivity index (χ0) is 12.3. The number of carbonyl (C=O) groups is 1. The number of carboxylic acid groups (broad SMARTS) is 1. The van der Waals surface area contributed by atoms with Gasteiger partial charge in [0.25, 0.3) is 0 Å². The van der Waals surface area contributed by atoms with Crippen molar-refractivity contribution in [1.29, 1.82) is 0 Å². The summed E-state index contributed by atoms with van der Waals surface area (Å²) < 4.78 is 0. The molecule has 1 aromatic carbocycles. The summed E-state index contributed by atoms with van der Waals surface area (Å²) in [5.41, 5.74) is 1.41. The largest absolute Gasteiger partial charge is 0.478 e. The van der Waals surface area contributed by atoms with Crippen LogP contribution < -0.4 is 5.32 Å². The third-order valence-corrected chi connectivity index (χ3v) is 2.39. The van der Waals surface area contributed by atoms with Crippen LogP contribution in [0.5, 0.6) is 0 Å². The summed E-state index contributed by atoms with van der Waals surface area (Å²) >= 11 is 5.66. The summed E-state index contributed by atoms with van der Waals surface area (Å²) in [5.74, 6) is -0.977.